The maximum absolute atomic E-state index is 13.4. The first-order valence-corrected chi connectivity index (χ1v) is 12.7. The Hall–Kier alpha value is -2.96. The fourth-order valence-electron chi connectivity index (χ4n) is 4.92. The molecule has 1 aliphatic carbocycles. The minimum Gasteiger partial charge on any atom is -0.360 e. The number of carbonyl (C=O) groups excluding carboxylic acids is 2. The molecule has 1 amide bonds. The summed E-state index contributed by atoms with van der Waals surface area (Å²) in [5, 5.41) is 3.87. The molecule has 6 heteroatoms. The van der Waals surface area contributed by atoms with E-state index in [9.17, 15) is 9.59 Å². The minimum atomic E-state index is -0.00105. The van der Waals surface area contributed by atoms with Gasteiger partial charge in [0, 0.05) is 16.1 Å². The van der Waals surface area contributed by atoms with Gasteiger partial charge in [0.1, 0.15) is 5.00 Å². The summed E-state index contributed by atoms with van der Waals surface area (Å²) in [7, 11) is 0. The summed E-state index contributed by atoms with van der Waals surface area (Å²) in [5.74, 6) is 0.0213. The molecule has 5 nitrogen and oxygen atoms in total. The lowest BCUT2D eigenvalue weighted by Gasteiger charge is -2.33. The van der Waals surface area contributed by atoms with Crippen molar-refractivity contribution in [1.82, 2.24) is 0 Å². The van der Waals surface area contributed by atoms with Crippen molar-refractivity contribution in [3.63, 3.8) is 0 Å². The largest absolute Gasteiger partial charge is 0.360 e. The molecule has 0 unspecified atom stereocenters. The highest BCUT2D eigenvalue weighted by Crippen LogP contribution is 2.39. The van der Waals surface area contributed by atoms with Gasteiger partial charge in [-0.2, -0.15) is 0 Å². The maximum Gasteiger partial charge on any atom is 0.280 e. The molecule has 1 fully saturated rings. The fraction of sp³-hybridized carbons (Fsp3) is 0.333. The van der Waals surface area contributed by atoms with E-state index in [0.29, 0.717) is 12.1 Å². The molecule has 2 aliphatic rings. The summed E-state index contributed by atoms with van der Waals surface area (Å²) in [5.41, 5.74) is 3.80. The van der Waals surface area contributed by atoms with Crippen molar-refractivity contribution in [3.05, 3.63) is 82.2 Å². The van der Waals surface area contributed by atoms with Gasteiger partial charge in [-0.1, -0.05) is 48.5 Å². The molecule has 0 radical (unpaired) electrons. The third-order valence-corrected chi connectivity index (χ3v) is 7.90. The lowest BCUT2D eigenvalue weighted by atomic mass is 9.92. The molecular formula is C27H30N3O2S+. The fourth-order valence-corrected chi connectivity index (χ4v) is 6.23. The van der Waals surface area contributed by atoms with Crippen molar-refractivity contribution >= 4 is 33.7 Å². The molecule has 3 aromatic rings. The standard InChI is InChI=1S/C27H29N3O2S/c31-24(19-29-15-17-30(18-16-29)21-11-5-2-6-12-21)28-27-25(22-13-7-8-14-23(22)33-27)26(32)20-9-3-1-4-10-20/h1-6,9-12H,7-8,13-19H2,(H,28,31)/p+1. The van der Waals surface area contributed by atoms with E-state index in [1.165, 1.54) is 15.5 Å². The van der Waals surface area contributed by atoms with Crippen LogP contribution in [0.15, 0.2) is 60.7 Å². The molecule has 1 aliphatic heterocycles. The second-order valence-electron chi connectivity index (χ2n) is 8.91. The monoisotopic (exact) mass is 460 g/mol. The summed E-state index contributed by atoms with van der Waals surface area (Å²) >= 11 is 1.60. The van der Waals surface area contributed by atoms with Crippen LogP contribution in [0.25, 0.3) is 0 Å². The van der Waals surface area contributed by atoms with Crippen LogP contribution in [-0.2, 0) is 17.6 Å². The number of quaternary nitrogens is 1. The Morgan fingerprint density at radius 2 is 1.58 bits per heavy atom. The van der Waals surface area contributed by atoms with E-state index >= 15 is 0 Å². The van der Waals surface area contributed by atoms with Crippen LogP contribution in [-0.4, -0.2) is 44.4 Å². The van der Waals surface area contributed by atoms with E-state index in [1.807, 2.05) is 36.4 Å². The first-order valence-electron chi connectivity index (χ1n) is 11.9. The summed E-state index contributed by atoms with van der Waals surface area (Å²) in [6, 6.07) is 19.9. The summed E-state index contributed by atoms with van der Waals surface area (Å²) in [4.78, 5) is 31.3. The van der Waals surface area contributed by atoms with Crippen LogP contribution in [0.1, 0.15) is 39.2 Å². The second-order valence-corrected chi connectivity index (χ2v) is 10.0. The SMILES string of the molecule is O=C(C[NH+]1CCN(c2ccccc2)CC1)Nc1sc2c(c1C(=O)c1ccccc1)CCCC2. The number of rotatable bonds is 6. The van der Waals surface area contributed by atoms with Crippen LogP contribution in [0.5, 0.6) is 0 Å². The van der Waals surface area contributed by atoms with Crippen molar-refractivity contribution in [2.24, 2.45) is 0 Å². The van der Waals surface area contributed by atoms with Gasteiger partial charge >= 0.3 is 0 Å². The average Bonchev–Trinajstić information content (AvgIpc) is 3.22. The summed E-state index contributed by atoms with van der Waals surface area (Å²) in [6.45, 7) is 4.18. The van der Waals surface area contributed by atoms with Crippen LogP contribution in [0, 0.1) is 0 Å². The molecule has 0 saturated carbocycles. The topological polar surface area (TPSA) is 53.9 Å². The molecule has 2 heterocycles. The number of fused-ring (bicyclic) bond motifs is 1. The Balaban J connectivity index is 1.27. The molecule has 2 N–H and O–H groups in total. The Morgan fingerprint density at radius 3 is 2.30 bits per heavy atom. The third-order valence-electron chi connectivity index (χ3n) is 6.69. The number of benzene rings is 2. The van der Waals surface area contributed by atoms with Gasteiger partial charge in [0.15, 0.2) is 12.3 Å². The van der Waals surface area contributed by atoms with Gasteiger partial charge in [0.25, 0.3) is 5.91 Å². The number of amides is 1. The van der Waals surface area contributed by atoms with Gasteiger partial charge in [-0.15, -0.1) is 11.3 Å². The molecule has 170 valence electrons. The van der Waals surface area contributed by atoms with E-state index in [-0.39, 0.29) is 11.7 Å². The van der Waals surface area contributed by atoms with Gasteiger partial charge in [0.2, 0.25) is 0 Å². The Kier molecular flexibility index (Phi) is 6.55. The van der Waals surface area contributed by atoms with Gasteiger partial charge in [0.05, 0.1) is 31.7 Å². The molecule has 0 atom stereocenters. The Bertz CT molecular complexity index is 1120. The van der Waals surface area contributed by atoms with Gasteiger partial charge < -0.3 is 15.1 Å². The Morgan fingerprint density at radius 1 is 0.909 bits per heavy atom. The van der Waals surface area contributed by atoms with Gasteiger partial charge in [-0.3, -0.25) is 9.59 Å². The minimum absolute atomic E-state index is 0.00105. The summed E-state index contributed by atoms with van der Waals surface area (Å²) in [6.07, 6.45) is 4.16. The van der Waals surface area contributed by atoms with E-state index in [2.05, 4.69) is 34.5 Å². The van der Waals surface area contributed by atoms with Crippen LogP contribution in [0.3, 0.4) is 0 Å². The number of hydrogen-bond donors (Lipinski definition) is 2. The molecule has 0 bridgehead atoms. The number of para-hydroxylation sites is 1. The van der Waals surface area contributed by atoms with E-state index in [4.69, 9.17) is 0 Å². The number of carbonyl (C=O) groups is 2. The second kappa shape index (κ2) is 9.89. The van der Waals surface area contributed by atoms with Crippen molar-refractivity contribution in [2.45, 2.75) is 25.7 Å². The number of aryl methyl sites for hydroxylation is 1. The number of anilines is 2. The normalized spacial score (nSPS) is 16.3. The zero-order chi connectivity index (χ0) is 22.6. The lowest BCUT2D eigenvalue weighted by Crippen LogP contribution is -3.15. The molecule has 0 spiro atoms. The molecule has 1 saturated heterocycles. The van der Waals surface area contributed by atoms with Crippen LogP contribution >= 0.6 is 11.3 Å². The number of hydrogen-bond acceptors (Lipinski definition) is 4. The number of ketones is 1. The Labute approximate surface area is 199 Å². The first-order chi connectivity index (χ1) is 16.2. The number of nitrogens with zero attached hydrogens (tertiary/aromatic N) is 1. The number of nitrogens with one attached hydrogen (secondary N) is 2. The van der Waals surface area contributed by atoms with E-state index < -0.39 is 0 Å². The molecule has 1 aromatic heterocycles. The molecule has 5 rings (SSSR count). The molecular weight excluding hydrogens is 430 g/mol. The van der Waals surface area contributed by atoms with Crippen molar-refractivity contribution in [1.29, 1.82) is 0 Å². The van der Waals surface area contributed by atoms with Crippen molar-refractivity contribution < 1.29 is 14.5 Å². The molecule has 33 heavy (non-hydrogen) atoms. The molecule has 2 aromatic carbocycles. The van der Waals surface area contributed by atoms with Gasteiger partial charge in [-0.25, -0.2) is 0 Å². The predicted molar refractivity (Wildman–Crippen MR) is 134 cm³/mol. The van der Waals surface area contributed by atoms with Gasteiger partial charge in [-0.05, 0) is 43.4 Å². The average molecular weight is 461 g/mol. The van der Waals surface area contributed by atoms with Crippen LogP contribution in [0.2, 0.25) is 0 Å². The lowest BCUT2D eigenvalue weighted by molar-refractivity contribution is -0.892. The maximum atomic E-state index is 13.4. The van der Waals surface area contributed by atoms with Crippen molar-refractivity contribution in [2.75, 3.05) is 42.9 Å². The summed E-state index contributed by atoms with van der Waals surface area (Å²) < 4.78 is 0. The first kappa shape index (κ1) is 21.9. The van der Waals surface area contributed by atoms with E-state index in [0.717, 1.165) is 68.0 Å². The third kappa shape index (κ3) is 4.87. The van der Waals surface area contributed by atoms with Crippen molar-refractivity contribution in [3.8, 4) is 0 Å². The highest BCUT2D eigenvalue weighted by molar-refractivity contribution is 7.17. The van der Waals surface area contributed by atoms with Crippen LogP contribution in [0.4, 0.5) is 10.7 Å². The number of thiophene rings is 1. The van der Waals surface area contributed by atoms with Crippen LogP contribution < -0.4 is 15.1 Å². The highest BCUT2D eigenvalue weighted by Gasteiger charge is 2.28. The zero-order valence-corrected chi connectivity index (χ0v) is 19.6. The quantitative estimate of drug-likeness (QED) is 0.556. The van der Waals surface area contributed by atoms with E-state index in [1.54, 1.807) is 11.3 Å². The zero-order valence-electron chi connectivity index (χ0n) is 18.8. The number of piperazine rings is 1. The highest BCUT2D eigenvalue weighted by atomic mass is 32.1. The smallest absolute Gasteiger partial charge is 0.280 e. The predicted octanol–water partition coefficient (Wildman–Crippen LogP) is 3.20.